The molecule has 0 aromatic heterocycles. The standard InChI is InChI=1S/C23H20BrCl2N3O4S/c1-15(30)27-18-3-2-4-19(12-18)28-23(31)14-29(13-16-5-10-21(25)22(26)11-16)34(32,33)20-8-6-17(24)7-9-20/h2-12H,13-14H2,1H3,(H,27,30)(H,28,31). The van der Waals surface area contributed by atoms with Crippen LogP contribution in [-0.4, -0.2) is 31.1 Å². The second kappa shape index (κ2) is 11.3. The lowest BCUT2D eigenvalue weighted by atomic mass is 10.2. The highest BCUT2D eigenvalue weighted by Gasteiger charge is 2.27. The molecule has 3 rings (SSSR count). The molecule has 0 spiro atoms. The summed E-state index contributed by atoms with van der Waals surface area (Å²) in [5.74, 6) is -0.808. The quantitative estimate of drug-likeness (QED) is 0.363. The smallest absolute Gasteiger partial charge is 0.243 e. The Morgan fingerprint density at radius 1 is 0.912 bits per heavy atom. The normalized spacial score (nSPS) is 11.3. The molecule has 11 heteroatoms. The minimum absolute atomic E-state index is 0.0382. The van der Waals surface area contributed by atoms with E-state index in [1.165, 1.54) is 19.1 Å². The number of anilines is 2. The fraction of sp³-hybridized carbons (Fsp3) is 0.130. The maximum atomic E-state index is 13.4. The van der Waals surface area contributed by atoms with Crippen molar-refractivity contribution < 1.29 is 18.0 Å². The summed E-state index contributed by atoms with van der Waals surface area (Å²) in [6.07, 6.45) is 0. The summed E-state index contributed by atoms with van der Waals surface area (Å²) >= 11 is 15.4. The molecular weight excluding hydrogens is 565 g/mol. The van der Waals surface area contributed by atoms with Gasteiger partial charge in [0, 0.05) is 29.3 Å². The van der Waals surface area contributed by atoms with Crippen molar-refractivity contribution in [3.63, 3.8) is 0 Å². The highest BCUT2D eigenvalue weighted by Crippen LogP contribution is 2.26. The zero-order valence-corrected chi connectivity index (χ0v) is 21.8. The van der Waals surface area contributed by atoms with Crippen molar-refractivity contribution in [2.24, 2.45) is 0 Å². The van der Waals surface area contributed by atoms with Gasteiger partial charge in [-0.05, 0) is 60.2 Å². The predicted molar refractivity (Wildman–Crippen MR) is 138 cm³/mol. The molecule has 0 unspecified atom stereocenters. The molecule has 0 saturated heterocycles. The van der Waals surface area contributed by atoms with Crippen molar-refractivity contribution in [2.75, 3.05) is 17.2 Å². The summed E-state index contributed by atoms with van der Waals surface area (Å²) in [6.45, 7) is 0.816. The highest BCUT2D eigenvalue weighted by atomic mass is 79.9. The molecule has 0 aliphatic heterocycles. The van der Waals surface area contributed by atoms with Crippen LogP contribution in [0.4, 0.5) is 11.4 Å². The lowest BCUT2D eigenvalue weighted by molar-refractivity contribution is -0.116. The van der Waals surface area contributed by atoms with Crippen LogP contribution >= 0.6 is 39.1 Å². The fourth-order valence-corrected chi connectivity index (χ4v) is 5.03. The number of carbonyl (C=O) groups is 2. The Labute approximate surface area is 216 Å². The topological polar surface area (TPSA) is 95.6 Å². The van der Waals surface area contributed by atoms with Gasteiger partial charge >= 0.3 is 0 Å². The van der Waals surface area contributed by atoms with Crippen LogP contribution in [0, 0.1) is 0 Å². The number of hydrogen-bond donors (Lipinski definition) is 2. The number of nitrogens with zero attached hydrogens (tertiary/aromatic N) is 1. The average Bonchev–Trinajstić information content (AvgIpc) is 2.76. The summed E-state index contributed by atoms with van der Waals surface area (Å²) in [7, 11) is -4.03. The van der Waals surface area contributed by atoms with E-state index in [1.54, 1.807) is 54.6 Å². The second-order valence-corrected chi connectivity index (χ2v) is 11.0. The molecule has 7 nitrogen and oxygen atoms in total. The van der Waals surface area contributed by atoms with Crippen molar-refractivity contribution in [1.82, 2.24) is 4.31 Å². The van der Waals surface area contributed by atoms with Gasteiger partial charge in [-0.2, -0.15) is 4.31 Å². The molecule has 2 N–H and O–H groups in total. The number of nitrogens with one attached hydrogen (secondary N) is 2. The Balaban J connectivity index is 1.87. The third-order valence-electron chi connectivity index (χ3n) is 4.58. The molecule has 0 aliphatic carbocycles. The van der Waals surface area contributed by atoms with Crippen LogP contribution in [0.1, 0.15) is 12.5 Å². The minimum atomic E-state index is -4.03. The van der Waals surface area contributed by atoms with Crippen LogP contribution in [-0.2, 0) is 26.2 Å². The van der Waals surface area contributed by atoms with E-state index in [4.69, 9.17) is 23.2 Å². The van der Waals surface area contributed by atoms with E-state index in [0.29, 0.717) is 22.0 Å². The number of carbonyl (C=O) groups excluding carboxylic acids is 2. The number of halogens is 3. The summed E-state index contributed by atoms with van der Waals surface area (Å²) in [5.41, 5.74) is 1.47. The fourth-order valence-electron chi connectivity index (χ4n) is 3.06. The molecule has 0 atom stereocenters. The largest absolute Gasteiger partial charge is 0.326 e. The monoisotopic (exact) mass is 583 g/mol. The van der Waals surface area contributed by atoms with Gasteiger partial charge in [-0.25, -0.2) is 8.42 Å². The number of amides is 2. The van der Waals surface area contributed by atoms with Crippen molar-refractivity contribution >= 4 is 72.3 Å². The molecule has 0 fully saturated rings. The number of rotatable bonds is 8. The van der Waals surface area contributed by atoms with E-state index in [-0.39, 0.29) is 22.4 Å². The van der Waals surface area contributed by atoms with Crippen LogP contribution in [0.3, 0.4) is 0 Å². The third-order valence-corrected chi connectivity index (χ3v) is 7.65. The molecule has 0 bridgehead atoms. The Morgan fingerprint density at radius 2 is 1.56 bits per heavy atom. The molecule has 0 saturated carbocycles. The third kappa shape index (κ3) is 7.04. The number of hydrogen-bond acceptors (Lipinski definition) is 4. The second-order valence-electron chi connectivity index (χ2n) is 7.29. The van der Waals surface area contributed by atoms with Crippen LogP contribution in [0.25, 0.3) is 0 Å². The zero-order valence-electron chi connectivity index (χ0n) is 17.9. The van der Waals surface area contributed by atoms with Crippen molar-refractivity contribution in [2.45, 2.75) is 18.4 Å². The summed E-state index contributed by atoms with van der Waals surface area (Å²) in [6, 6.07) is 17.4. The molecule has 2 amide bonds. The molecule has 34 heavy (non-hydrogen) atoms. The van der Waals surface area contributed by atoms with Crippen LogP contribution in [0.15, 0.2) is 76.1 Å². The number of benzene rings is 3. The van der Waals surface area contributed by atoms with Gasteiger partial charge in [-0.15, -0.1) is 0 Å². The maximum Gasteiger partial charge on any atom is 0.243 e. The average molecular weight is 585 g/mol. The molecule has 0 radical (unpaired) electrons. The highest BCUT2D eigenvalue weighted by molar-refractivity contribution is 9.10. The van der Waals surface area contributed by atoms with Gasteiger partial charge in [0.15, 0.2) is 0 Å². The summed E-state index contributed by atoms with van der Waals surface area (Å²) in [4.78, 5) is 24.2. The SMILES string of the molecule is CC(=O)Nc1cccc(NC(=O)CN(Cc2ccc(Cl)c(Cl)c2)S(=O)(=O)c2ccc(Br)cc2)c1. The van der Waals surface area contributed by atoms with Gasteiger partial charge in [0.2, 0.25) is 21.8 Å². The Kier molecular flexibility index (Phi) is 8.72. The molecule has 3 aromatic rings. The molecule has 178 valence electrons. The van der Waals surface area contributed by atoms with Crippen LogP contribution in [0.5, 0.6) is 0 Å². The zero-order chi connectivity index (χ0) is 24.9. The molecule has 0 heterocycles. The van der Waals surface area contributed by atoms with Crippen LogP contribution in [0.2, 0.25) is 10.0 Å². The van der Waals surface area contributed by atoms with E-state index in [1.807, 2.05) is 0 Å². The number of sulfonamides is 1. The minimum Gasteiger partial charge on any atom is -0.326 e. The van der Waals surface area contributed by atoms with Gasteiger partial charge in [-0.3, -0.25) is 9.59 Å². The molecule has 3 aromatic carbocycles. The summed E-state index contributed by atoms with van der Waals surface area (Å²) < 4.78 is 28.6. The van der Waals surface area contributed by atoms with E-state index < -0.39 is 22.5 Å². The van der Waals surface area contributed by atoms with E-state index in [9.17, 15) is 18.0 Å². The van der Waals surface area contributed by atoms with Gasteiger partial charge in [0.25, 0.3) is 0 Å². The van der Waals surface area contributed by atoms with Gasteiger partial charge in [-0.1, -0.05) is 51.3 Å². The first-order valence-corrected chi connectivity index (χ1v) is 12.9. The predicted octanol–water partition coefficient (Wildman–Crippen LogP) is 5.54. The lowest BCUT2D eigenvalue weighted by Crippen LogP contribution is -2.37. The molecule has 0 aliphatic rings. The van der Waals surface area contributed by atoms with E-state index in [0.717, 1.165) is 8.78 Å². The first-order chi connectivity index (χ1) is 16.0. The van der Waals surface area contributed by atoms with E-state index >= 15 is 0 Å². The van der Waals surface area contributed by atoms with Gasteiger partial charge < -0.3 is 10.6 Å². The lowest BCUT2D eigenvalue weighted by Gasteiger charge is -2.22. The Bertz CT molecular complexity index is 1320. The Hall–Kier alpha value is -2.43. The van der Waals surface area contributed by atoms with E-state index in [2.05, 4.69) is 26.6 Å². The Morgan fingerprint density at radius 3 is 2.18 bits per heavy atom. The van der Waals surface area contributed by atoms with Crippen LogP contribution < -0.4 is 10.6 Å². The van der Waals surface area contributed by atoms with Gasteiger partial charge in [0.1, 0.15) is 0 Å². The summed E-state index contributed by atoms with van der Waals surface area (Å²) in [5, 5.41) is 5.92. The van der Waals surface area contributed by atoms with Crippen molar-refractivity contribution in [3.8, 4) is 0 Å². The maximum absolute atomic E-state index is 13.4. The first kappa shape index (κ1) is 26.2. The molecular formula is C23H20BrCl2N3O4S. The van der Waals surface area contributed by atoms with Gasteiger partial charge in [0.05, 0.1) is 21.5 Å². The first-order valence-electron chi connectivity index (χ1n) is 9.92. The van der Waals surface area contributed by atoms with Crippen molar-refractivity contribution in [3.05, 3.63) is 86.8 Å². The van der Waals surface area contributed by atoms with Crippen molar-refractivity contribution in [1.29, 1.82) is 0 Å².